The molecule has 3 rings (SSSR count). The summed E-state index contributed by atoms with van der Waals surface area (Å²) in [6, 6.07) is 7.48. The van der Waals surface area contributed by atoms with Crippen LogP contribution in [0.4, 0.5) is 5.69 Å². The summed E-state index contributed by atoms with van der Waals surface area (Å²) in [7, 11) is 0. The second-order valence-corrected chi connectivity index (χ2v) is 6.96. The van der Waals surface area contributed by atoms with Gasteiger partial charge in [0.15, 0.2) is 0 Å². The van der Waals surface area contributed by atoms with Crippen LogP contribution in [0.25, 0.3) is 10.9 Å². The van der Waals surface area contributed by atoms with Crippen molar-refractivity contribution in [2.75, 3.05) is 31.6 Å². The van der Waals surface area contributed by atoms with Gasteiger partial charge in [-0.2, -0.15) is 0 Å². The molecule has 1 saturated heterocycles. The molecular weight excluding hydrogens is 346 g/mol. The summed E-state index contributed by atoms with van der Waals surface area (Å²) in [4.78, 5) is 30.1. The number of aromatic amines is 1. The van der Waals surface area contributed by atoms with E-state index in [1.807, 2.05) is 38.1 Å². The molecule has 146 valence electrons. The van der Waals surface area contributed by atoms with E-state index in [2.05, 4.69) is 15.2 Å². The van der Waals surface area contributed by atoms with Crippen LogP contribution in [-0.2, 0) is 14.3 Å². The molecule has 0 saturated carbocycles. The Morgan fingerprint density at radius 2 is 1.96 bits per heavy atom. The number of esters is 1. The topological polar surface area (TPSA) is 83.7 Å². The van der Waals surface area contributed by atoms with Gasteiger partial charge < -0.3 is 19.8 Å². The summed E-state index contributed by atoms with van der Waals surface area (Å²) in [6.07, 6.45) is 0.683. The van der Waals surface area contributed by atoms with Crippen LogP contribution < -0.4 is 5.32 Å². The number of carbonyl (C=O) groups is 2. The van der Waals surface area contributed by atoms with E-state index in [9.17, 15) is 9.59 Å². The Labute approximate surface area is 159 Å². The smallest absolute Gasteiger partial charge is 0.356 e. The molecule has 1 aromatic carbocycles. The average Bonchev–Trinajstić information content (AvgIpc) is 2.98. The SMILES string of the molecule is CCOC(=O)c1[nH]c2ccccc2c1NC(=O)CCN1C[C@H](C)O[C@@H](C)C1. The zero-order chi connectivity index (χ0) is 19.4. The number of carbonyl (C=O) groups excluding carboxylic acids is 2. The highest BCUT2D eigenvalue weighted by atomic mass is 16.5. The van der Waals surface area contributed by atoms with Crippen molar-refractivity contribution in [1.82, 2.24) is 9.88 Å². The standard InChI is InChI=1S/C20H27N3O4/c1-4-26-20(25)19-18(15-7-5-6-8-16(15)21-19)22-17(24)9-10-23-11-13(2)27-14(3)12-23/h5-8,13-14,21H,4,9-12H2,1-3H3,(H,22,24)/t13-,14-/m0/s1. The lowest BCUT2D eigenvalue weighted by Gasteiger charge is -2.35. The summed E-state index contributed by atoms with van der Waals surface area (Å²) in [5, 5.41) is 3.70. The fourth-order valence-corrected chi connectivity index (χ4v) is 3.56. The van der Waals surface area contributed by atoms with Crippen molar-refractivity contribution in [3.05, 3.63) is 30.0 Å². The van der Waals surface area contributed by atoms with Crippen LogP contribution in [0.1, 0.15) is 37.7 Å². The molecule has 0 unspecified atom stereocenters. The molecule has 1 amide bonds. The van der Waals surface area contributed by atoms with Crippen LogP contribution in [0.3, 0.4) is 0 Å². The van der Waals surface area contributed by atoms with Crippen LogP contribution in [0.15, 0.2) is 24.3 Å². The molecule has 1 fully saturated rings. The van der Waals surface area contributed by atoms with Gasteiger partial charge in [0.2, 0.25) is 5.91 Å². The van der Waals surface area contributed by atoms with Crippen LogP contribution in [-0.4, -0.2) is 60.2 Å². The number of fused-ring (bicyclic) bond motifs is 1. The van der Waals surface area contributed by atoms with Crippen molar-refractivity contribution in [3.63, 3.8) is 0 Å². The van der Waals surface area contributed by atoms with Gasteiger partial charge in [-0.25, -0.2) is 4.79 Å². The Bertz CT molecular complexity index is 807. The normalized spacial score (nSPS) is 20.6. The minimum atomic E-state index is -0.472. The molecular formula is C20H27N3O4. The molecule has 0 spiro atoms. The molecule has 1 aliphatic heterocycles. The Morgan fingerprint density at radius 1 is 1.26 bits per heavy atom. The fourth-order valence-electron chi connectivity index (χ4n) is 3.56. The first-order valence-electron chi connectivity index (χ1n) is 9.43. The number of nitrogens with zero attached hydrogens (tertiary/aromatic N) is 1. The largest absolute Gasteiger partial charge is 0.461 e. The van der Waals surface area contributed by atoms with Crippen LogP contribution in [0.5, 0.6) is 0 Å². The van der Waals surface area contributed by atoms with Crippen molar-refractivity contribution in [1.29, 1.82) is 0 Å². The second kappa shape index (κ2) is 8.54. The molecule has 2 heterocycles. The minimum Gasteiger partial charge on any atom is -0.461 e. The molecule has 2 atom stereocenters. The summed E-state index contributed by atoms with van der Waals surface area (Å²) in [5.41, 5.74) is 1.55. The maximum Gasteiger partial charge on any atom is 0.356 e. The Hall–Kier alpha value is -2.38. The maximum atomic E-state index is 12.6. The van der Waals surface area contributed by atoms with Crippen molar-refractivity contribution < 1.29 is 19.1 Å². The van der Waals surface area contributed by atoms with E-state index in [0.29, 0.717) is 18.7 Å². The van der Waals surface area contributed by atoms with E-state index in [0.717, 1.165) is 24.0 Å². The first kappa shape index (κ1) is 19.4. The zero-order valence-electron chi connectivity index (χ0n) is 16.1. The first-order chi connectivity index (χ1) is 13.0. The third-order valence-electron chi connectivity index (χ3n) is 4.60. The van der Waals surface area contributed by atoms with Gasteiger partial charge in [0.05, 0.1) is 24.5 Å². The van der Waals surface area contributed by atoms with Gasteiger partial charge in [0.1, 0.15) is 5.69 Å². The highest BCUT2D eigenvalue weighted by Gasteiger charge is 2.24. The van der Waals surface area contributed by atoms with E-state index in [1.165, 1.54) is 0 Å². The molecule has 2 aromatic rings. The molecule has 7 nitrogen and oxygen atoms in total. The Morgan fingerprint density at radius 3 is 2.67 bits per heavy atom. The number of rotatable bonds is 6. The number of aromatic nitrogens is 1. The van der Waals surface area contributed by atoms with Gasteiger partial charge in [0, 0.05) is 37.0 Å². The monoisotopic (exact) mass is 373 g/mol. The molecule has 1 aliphatic rings. The van der Waals surface area contributed by atoms with E-state index < -0.39 is 5.97 Å². The summed E-state index contributed by atoms with van der Waals surface area (Å²) >= 11 is 0. The van der Waals surface area contributed by atoms with Gasteiger partial charge in [-0.15, -0.1) is 0 Å². The van der Waals surface area contributed by atoms with E-state index in [4.69, 9.17) is 9.47 Å². The van der Waals surface area contributed by atoms with Crippen LogP contribution in [0, 0.1) is 0 Å². The molecule has 0 aliphatic carbocycles. The Balaban J connectivity index is 1.70. The third-order valence-corrected chi connectivity index (χ3v) is 4.60. The van der Waals surface area contributed by atoms with E-state index in [-0.39, 0.29) is 30.4 Å². The number of ether oxygens (including phenoxy) is 2. The number of benzene rings is 1. The summed E-state index contributed by atoms with van der Waals surface area (Å²) < 4.78 is 10.8. The summed E-state index contributed by atoms with van der Waals surface area (Å²) in [5.74, 6) is -0.600. The van der Waals surface area contributed by atoms with Gasteiger partial charge >= 0.3 is 5.97 Å². The first-order valence-corrected chi connectivity index (χ1v) is 9.43. The molecule has 2 N–H and O–H groups in total. The van der Waals surface area contributed by atoms with Crippen molar-refractivity contribution in [2.24, 2.45) is 0 Å². The lowest BCUT2D eigenvalue weighted by Crippen LogP contribution is -2.46. The molecule has 0 bridgehead atoms. The van der Waals surface area contributed by atoms with E-state index >= 15 is 0 Å². The number of morpholine rings is 1. The second-order valence-electron chi connectivity index (χ2n) is 6.96. The number of hydrogen-bond acceptors (Lipinski definition) is 5. The number of anilines is 1. The van der Waals surface area contributed by atoms with Crippen molar-refractivity contribution >= 4 is 28.5 Å². The molecule has 7 heteroatoms. The molecule has 0 radical (unpaired) electrons. The predicted molar refractivity (Wildman–Crippen MR) is 104 cm³/mol. The van der Waals surface area contributed by atoms with E-state index in [1.54, 1.807) is 6.92 Å². The lowest BCUT2D eigenvalue weighted by molar-refractivity contribution is -0.117. The number of para-hydroxylation sites is 1. The highest BCUT2D eigenvalue weighted by Crippen LogP contribution is 2.28. The zero-order valence-corrected chi connectivity index (χ0v) is 16.1. The van der Waals surface area contributed by atoms with Crippen LogP contribution in [0.2, 0.25) is 0 Å². The van der Waals surface area contributed by atoms with Gasteiger partial charge in [-0.05, 0) is 26.8 Å². The maximum absolute atomic E-state index is 12.6. The quantitative estimate of drug-likeness (QED) is 0.761. The Kier molecular flexibility index (Phi) is 6.13. The molecule has 27 heavy (non-hydrogen) atoms. The van der Waals surface area contributed by atoms with Gasteiger partial charge in [0.25, 0.3) is 0 Å². The number of H-pyrrole nitrogens is 1. The number of hydrogen-bond donors (Lipinski definition) is 2. The lowest BCUT2D eigenvalue weighted by atomic mass is 10.2. The fraction of sp³-hybridized carbons (Fsp3) is 0.500. The molecule has 1 aromatic heterocycles. The summed E-state index contributed by atoms with van der Waals surface area (Å²) in [6.45, 7) is 8.40. The van der Waals surface area contributed by atoms with Gasteiger partial charge in [-0.3, -0.25) is 9.69 Å². The predicted octanol–water partition coefficient (Wildman–Crippen LogP) is 2.78. The van der Waals surface area contributed by atoms with Crippen LogP contribution >= 0.6 is 0 Å². The number of amides is 1. The van der Waals surface area contributed by atoms with Gasteiger partial charge in [-0.1, -0.05) is 18.2 Å². The van der Waals surface area contributed by atoms with Crippen molar-refractivity contribution in [3.8, 4) is 0 Å². The third kappa shape index (κ3) is 4.67. The average molecular weight is 373 g/mol. The minimum absolute atomic E-state index is 0.128. The highest BCUT2D eigenvalue weighted by molar-refractivity contribution is 6.10. The van der Waals surface area contributed by atoms with Crippen molar-refractivity contribution in [2.45, 2.75) is 39.4 Å². The number of nitrogens with one attached hydrogen (secondary N) is 2.